The summed E-state index contributed by atoms with van der Waals surface area (Å²) in [4.78, 5) is 23.1. The number of nitrogens with zero attached hydrogens (tertiary/aromatic N) is 6. The standard InChI is InChI=1S/C22H23F3N6O/c23-22(24,25)20-6-10-31(27-20)16-3-4-18-17(15-16)19(5-7-26-18)28-11-13-30(14-12-28)21(32)29-8-1-2-9-29/h3-7,10,15H,1-2,8-9,11-14H2. The fraction of sp³-hybridized carbons (Fsp3) is 0.409. The highest BCUT2D eigenvalue weighted by atomic mass is 19.4. The zero-order chi connectivity index (χ0) is 22.3. The van der Waals surface area contributed by atoms with Crippen molar-refractivity contribution in [1.82, 2.24) is 24.6 Å². The second-order valence-corrected chi connectivity index (χ2v) is 8.13. The quantitative estimate of drug-likeness (QED) is 0.604. The SMILES string of the molecule is O=C(N1CCCC1)N1CCN(c2ccnc3ccc(-n4ccc(C(F)(F)F)n4)cc23)CC1. The molecule has 2 saturated heterocycles. The molecule has 1 aromatic carbocycles. The molecule has 0 N–H and O–H groups in total. The largest absolute Gasteiger partial charge is 0.435 e. The van der Waals surface area contributed by atoms with Crippen molar-refractivity contribution in [2.45, 2.75) is 19.0 Å². The number of amides is 2. The molecular formula is C22H23F3N6O. The third-order valence-electron chi connectivity index (χ3n) is 6.11. The van der Waals surface area contributed by atoms with Crippen LogP contribution in [0.3, 0.4) is 0 Å². The Kier molecular flexibility index (Phi) is 5.15. The van der Waals surface area contributed by atoms with Gasteiger partial charge in [0.2, 0.25) is 0 Å². The Labute approximate surface area is 183 Å². The molecular weight excluding hydrogens is 421 g/mol. The summed E-state index contributed by atoms with van der Waals surface area (Å²) in [5.74, 6) is 0. The van der Waals surface area contributed by atoms with E-state index in [1.165, 1.54) is 10.9 Å². The zero-order valence-electron chi connectivity index (χ0n) is 17.4. The van der Waals surface area contributed by atoms with E-state index in [1.54, 1.807) is 18.3 Å². The fourth-order valence-corrected chi connectivity index (χ4v) is 4.40. The van der Waals surface area contributed by atoms with Gasteiger partial charge in [0.1, 0.15) is 0 Å². The first-order chi connectivity index (χ1) is 15.4. The number of benzene rings is 1. The van der Waals surface area contributed by atoms with Crippen LogP contribution in [0, 0.1) is 0 Å². The molecule has 2 amide bonds. The number of fused-ring (bicyclic) bond motifs is 1. The van der Waals surface area contributed by atoms with Gasteiger partial charge in [0.25, 0.3) is 0 Å². The summed E-state index contributed by atoms with van der Waals surface area (Å²) in [5.41, 5.74) is 1.31. The Morgan fingerprint density at radius 2 is 1.62 bits per heavy atom. The van der Waals surface area contributed by atoms with Crippen LogP contribution in [0.2, 0.25) is 0 Å². The summed E-state index contributed by atoms with van der Waals surface area (Å²) in [6, 6.07) is 8.30. The molecule has 4 heterocycles. The van der Waals surface area contributed by atoms with Crippen molar-refractivity contribution in [1.29, 1.82) is 0 Å². The van der Waals surface area contributed by atoms with Crippen molar-refractivity contribution in [3.05, 3.63) is 48.4 Å². The van der Waals surface area contributed by atoms with Gasteiger partial charge in [0.05, 0.1) is 11.2 Å². The van der Waals surface area contributed by atoms with Gasteiger partial charge in [-0.1, -0.05) is 0 Å². The number of piperazine rings is 1. The van der Waals surface area contributed by atoms with Crippen LogP contribution in [-0.4, -0.2) is 69.9 Å². The first-order valence-corrected chi connectivity index (χ1v) is 10.7. The number of alkyl halides is 3. The van der Waals surface area contributed by atoms with E-state index >= 15 is 0 Å². The van der Waals surface area contributed by atoms with E-state index in [0.717, 1.165) is 48.6 Å². The number of pyridine rings is 1. The number of hydrogen-bond donors (Lipinski definition) is 0. The molecule has 0 aliphatic carbocycles. The van der Waals surface area contributed by atoms with Crippen LogP contribution in [0.5, 0.6) is 0 Å². The topological polar surface area (TPSA) is 57.5 Å². The van der Waals surface area contributed by atoms with Gasteiger partial charge in [0, 0.05) is 62.7 Å². The number of halogens is 3. The van der Waals surface area contributed by atoms with Gasteiger partial charge in [-0.2, -0.15) is 18.3 Å². The van der Waals surface area contributed by atoms with E-state index in [0.29, 0.717) is 31.9 Å². The van der Waals surface area contributed by atoms with E-state index in [-0.39, 0.29) is 6.03 Å². The lowest BCUT2D eigenvalue weighted by Crippen LogP contribution is -2.52. The van der Waals surface area contributed by atoms with E-state index in [9.17, 15) is 18.0 Å². The summed E-state index contributed by atoms with van der Waals surface area (Å²) in [6.45, 7) is 4.30. The average molecular weight is 444 g/mol. The predicted molar refractivity (Wildman–Crippen MR) is 114 cm³/mol. The molecule has 0 saturated carbocycles. The van der Waals surface area contributed by atoms with Gasteiger partial charge >= 0.3 is 12.2 Å². The lowest BCUT2D eigenvalue weighted by atomic mass is 10.1. The minimum atomic E-state index is -4.49. The number of rotatable bonds is 2. The molecule has 0 spiro atoms. The molecule has 0 bridgehead atoms. The summed E-state index contributed by atoms with van der Waals surface area (Å²) < 4.78 is 40.0. The molecule has 10 heteroatoms. The molecule has 7 nitrogen and oxygen atoms in total. The van der Waals surface area contributed by atoms with Gasteiger partial charge in [-0.25, -0.2) is 9.48 Å². The molecule has 0 unspecified atom stereocenters. The fourth-order valence-electron chi connectivity index (χ4n) is 4.40. The van der Waals surface area contributed by atoms with E-state index < -0.39 is 11.9 Å². The lowest BCUT2D eigenvalue weighted by Gasteiger charge is -2.38. The van der Waals surface area contributed by atoms with Crippen LogP contribution >= 0.6 is 0 Å². The minimum absolute atomic E-state index is 0.114. The highest BCUT2D eigenvalue weighted by molar-refractivity contribution is 5.93. The van der Waals surface area contributed by atoms with Crippen LogP contribution in [0.25, 0.3) is 16.6 Å². The number of carbonyl (C=O) groups excluding carboxylic acids is 1. The normalized spacial score (nSPS) is 17.4. The van der Waals surface area contributed by atoms with Crippen molar-refractivity contribution < 1.29 is 18.0 Å². The highest BCUT2D eigenvalue weighted by Gasteiger charge is 2.33. The Balaban J connectivity index is 1.38. The summed E-state index contributed by atoms with van der Waals surface area (Å²) in [7, 11) is 0. The molecule has 32 heavy (non-hydrogen) atoms. The minimum Gasteiger partial charge on any atom is -0.367 e. The maximum absolute atomic E-state index is 12.9. The molecule has 2 aliphatic heterocycles. The summed E-state index contributed by atoms with van der Waals surface area (Å²) >= 11 is 0. The van der Waals surface area contributed by atoms with Gasteiger partial charge in [-0.05, 0) is 43.2 Å². The Morgan fingerprint density at radius 3 is 2.31 bits per heavy atom. The number of anilines is 1. The first-order valence-electron chi connectivity index (χ1n) is 10.7. The van der Waals surface area contributed by atoms with Crippen LogP contribution in [0.1, 0.15) is 18.5 Å². The lowest BCUT2D eigenvalue weighted by molar-refractivity contribution is -0.141. The van der Waals surface area contributed by atoms with Gasteiger partial charge in [0.15, 0.2) is 5.69 Å². The van der Waals surface area contributed by atoms with E-state index in [1.807, 2.05) is 21.9 Å². The molecule has 2 aromatic heterocycles. The summed E-state index contributed by atoms with van der Waals surface area (Å²) in [5, 5.41) is 4.52. The van der Waals surface area contributed by atoms with Crippen LogP contribution in [0.4, 0.5) is 23.7 Å². The third-order valence-corrected chi connectivity index (χ3v) is 6.11. The molecule has 5 rings (SSSR count). The van der Waals surface area contributed by atoms with Crippen LogP contribution in [-0.2, 0) is 6.18 Å². The number of urea groups is 1. The monoisotopic (exact) mass is 444 g/mol. The van der Waals surface area contributed by atoms with E-state index in [4.69, 9.17) is 0 Å². The maximum Gasteiger partial charge on any atom is 0.435 e. The van der Waals surface area contributed by atoms with Crippen LogP contribution < -0.4 is 4.90 Å². The molecule has 168 valence electrons. The molecule has 0 atom stereocenters. The second-order valence-electron chi connectivity index (χ2n) is 8.13. The zero-order valence-corrected chi connectivity index (χ0v) is 17.4. The van der Waals surface area contributed by atoms with Crippen molar-refractivity contribution >= 4 is 22.6 Å². The van der Waals surface area contributed by atoms with Crippen molar-refractivity contribution in [3.63, 3.8) is 0 Å². The second kappa shape index (κ2) is 7.99. The van der Waals surface area contributed by atoms with Crippen molar-refractivity contribution in [2.24, 2.45) is 0 Å². The maximum atomic E-state index is 12.9. The number of aromatic nitrogens is 3. The smallest absolute Gasteiger partial charge is 0.367 e. The molecule has 2 fully saturated rings. The predicted octanol–water partition coefficient (Wildman–Crippen LogP) is 3.78. The Hall–Kier alpha value is -3.30. The van der Waals surface area contributed by atoms with Gasteiger partial charge in [-0.3, -0.25) is 4.98 Å². The van der Waals surface area contributed by atoms with Crippen molar-refractivity contribution in [2.75, 3.05) is 44.2 Å². The van der Waals surface area contributed by atoms with Crippen LogP contribution in [0.15, 0.2) is 42.7 Å². The third kappa shape index (κ3) is 3.85. The molecule has 2 aliphatic rings. The molecule has 3 aromatic rings. The van der Waals surface area contributed by atoms with Crippen molar-refractivity contribution in [3.8, 4) is 5.69 Å². The van der Waals surface area contributed by atoms with Gasteiger partial charge < -0.3 is 14.7 Å². The Bertz CT molecular complexity index is 1130. The number of hydrogen-bond acceptors (Lipinski definition) is 4. The Morgan fingerprint density at radius 1 is 0.906 bits per heavy atom. The summed E-state index contributed by atoms with van der Waals surface area (Å²) in [6.07, 6.45) is 0.689. The highest BCUT2D eigenvalue weighted by Crippen LogP contribution is 2.30. The molecule has 0 radical (unpaired) electrons. The van der Waals surface area contributed by atoms with Gasteiger partial charge in [-0.15, -0.1) is 0 Å². The number of carbonyl (C=O) groups is 1. The average Bonchev–Trinajstić information content (AvgIpc) is 3.50. The number of likely N-dealkylation sites (tertiary alicyclic amines) is 1. The van der Waals surface area contributed by atoms with E-state index in [2.05, 4.69) is 15.0 Å². The first kappa shape index (κ1) is 20.6.